The van der Waals surface area contributed by atoms with Crippen molar-refractivity contribution in [1.82, 2.24) is 4.57 Å². The average Bonchev–Trinajstić information content (AvgIpc) is 2.57. The van der Waals surface area contributed by atoms with Crippen LogP contribution in [0.1, 0.15) is 19.4 Å². The minimum atomic E-state index is -0.241. The molecule has 2 nitrogen and oxygen atoms in total. The van der Waals surface area contributed by atoms with Crippen LogP contribution in [0, 0.1) is 11.7 Å². The SMILES string of the molecule is CC(C)Cn1cc(CN)c2cc(F)c(Br)cc21. The summed E-state index contributed by atoms with van der Waals surface area (Å²) >= 11 is 3.23. The molecule has 0 aliphatic rings. The molecule has 0 unspecified atom stereocenters. The summed E-state index contributed by atoms with van der Waals surface area (Å²) < 4.78 is 16.2. The van der Waals surface area contributed by atoms with Crippen molar-refractivity contribution >= 4 is 26.8 Å². The Hall–Kier alpha value is -0.870. The Morgan fingerprint density at radius 2 is 2.12 bits per heavy atom. The molecule has 0 saturated heterocycles. The maximum Gasteiger partial charge on any atom is 0.138 e. The van der Waals surface area contributed by atoms with E-state index in [-0.39, 0.29) is 5.82 Å². The van der Waals surface area contributed by atoms with E-state index in [4.69, 9.17) is 5.73 Å². The first kappa shape index (κ1) is 12.6. The van der Waals surface area contributed by atoms with Gasteiger partial charge in [0.15, 0.2) is 0 Å². The number of halogens is 2. The van der Waals surface area contributed by atoms with Crippen LogP contribution in [0.2, 0.25) is 0 Å². The van der Waals surface area contributed by atoms with E-state index < -0.39 is 0 Å². The summed E-state index contributed by atoms with van der Waals surface area (Å²) in [5, 5.41) is 0.911. The minimum Gasteiger partial charge on any atom is -0.347 e. The lowest BCUT2D eigenvalue weighted by Gasteiger charge is -2.08. The normalized spacial score (nSPS) is 11.6. The summed E-state index contributed by atoms with van der Waals surface area (Å²) in [6.45, 7) is 5.66. The fourth-order valence-electron chi connectivity index (χ4n) is 2.07. The number of rotatable bonds is 3. The molecule has 0 bridgehead atoms. The molecule has 2 N–H and O–H groups in total. The number of hydrogen-bond donors (Lipinski definition) is 1. The van der Waals surface area contributed by atoms with Crippen molar-refractivity contribution in [3.63, 3.8) is 0 Å². The number of nitrogens with zero attached hydrogens (tertiary/aromatic N) is 1. The van der Waals surface area contributed by atoms with Gasteiger partial charge in [-0.25, -0.2) is 4.39 Å². The van der Waals surface area contributed by atoms with Crippen LogP contribution in [0.5, 0.6) is 0 Å². The molecule has 0 aliphatic heterocycles. The topological polar surface area (TPSA) is 30.9 Å². The van der Waals surface area contributed by atoms with Gasteiger partial charge in [-0.3, -0.25) is 0 Å². The van der Waals surface area contributed by atoms with Crippen molar-refractivity contribution in [3.8, 4) is 0 Å². The number of hydrogen-bond acceptors (Lipinski definition) is 1. The quantitative estimate of drug-likeness (QED) is 0.921. The third-order valence-electron chi connectivity index (χ3n) is 2.79. The molecular weight excluding hydrogens is 283 g/mol. The summed E-state index contributed by atoms with van der Waals surface area (Å²) in [7, 11) is 0. The predicted octanol–water partition coefficient (Wildman–Crippen LogP) is 3.66. The van der Waals surface area contributed by atoms with E-state index in [0.717, 1.165) is 23.0 Å². The highest BCUT2D eigenvalue weighted by molar-refractivity contribution is 9.10. The Kier molecular flexibility index (Phi) is 3.54. The molecule has 1 aromatic heterocycles. The summed E-state index contributed by atoms with van der Waals surface area (Å²) in [5.74, 6) is 0.301. The van der Waals surface area contributed by atoms with Gasteiger partial charge in [0.05, 0.1) is 4.47 Å². The zero-order valence-electron chi connectivity index (χ0n) is 10.0. The first-order chi connectivity index (χ1) is 8.02. The first-order valence-electron chi connectivity index (χ1n) is 5.69. The van der Waals surface area contributed by atoms with E-state index >= 15 is 0 Å². The Balaban J connectivity index is 2.65. The van der Waals surface area contributed by atoms with E-state index in [0.29, 0.717) is 16.9 Å². The van der Waals surface area contributed by atoms with Gasteiger partial charge in [-0.15, -0.1) is 0 Å². The van der Waals surface area contributed by atoms with Gasteiger partial charge in [0.2, 0.25) is 0 Å². The number of aromatic nitrogens is 1. The molecule has 92 valence electrons. The second-order valence-corrected chi connectivity index (χ2v) is 5.54. The molecule has 1 heterocycles. The highest BCUT2D eigenvalue weighted by Crippen LogP contribution is 2.28. The van der Waals surface area contributed by atoms with Crippen molar-refractivity contribution in [3.05, 3.63) is 34.2 Å². The summed E-state index contributed by atoms with van der Waals surface area (Å²) in [5.41, 5.74) is 7.73. The number of fused-ring (bicyclic) bond motifs is 1. The maximum atomic E-state index is 13.5. The van der Waals surface area contributed by atoms with Gasteiger partial charge in [-0.05, 0) is 39.5 Å². The van der Waals surface area contributed by atoms with E-state index in [1.807, 2.05) is 12.3 Å². The Labute approximate surface area is 109 Å². The zero-order chi connectivity index (χ0) is 12.6. The maximum absolute atomic E-state index is 13.5. The average molecular weight is 299 g/mol. The molecule has 17 heavy (non-hydrogen) atoms. The van der Waals surface area contributed by atoms with Crippen molar-refractivity contribution in [2.45, 2.75) is 26.9 Å². The summed E-state index contributed by atoms with van der Waals surface area (Å²) in [6, 6.07) is 3.38. The second kappa shape index (κ2) is 4.78. The number of nitrogens with two attached hydrogens (primary N) is 1. The van der Waals surface area contributed by atoms with Gasteiger partial charge >= 0.3 is 0 Å². The van der Waals surface area contributed by atoms with Gasteiger partial charge in [-0.2, -0.15) is 0 Å². The molecule has 0 atom stereocenters. The highest BCUT2D eigenvalue weighted by atomic mass is 79.9. The second-order valence-electron chi connectivity index (χ2n) is 4.69. The van der Waals surface area contributed by atoms with Crippen molar-refractivity contribution in [2.75, 3.05) is 0 Å². The Bertz CT molecular complexity index is 546. The highest BCUT2D eigenvalue weighted by Gasteiger charge is 2.11. The first-order valence-corrected chi connectivity index (χ1v) is 6.49. The number of benzene rings is 1. The van der Waals surface area contributed by atoms with Crippen LogP contribution in [0.4, 0.5) is 4.39 Å². The molecule has 2 rings (SSSR count). The molecule has 0 aliphatic carbocycles. The molecule has 0 radical (unpaired) electrons. The van der Waals surface area contributed by atoms with E-state index in [9.17, 15) is 4.39 Å². The van der Waals surface area contributed by atoms with Gasteiger partial charge in [0, 0.05) is 30.2 Å². The fourth-order valence-corrected chi connectivity index (χ4v) is 2.40. The molecule has 1 aromatic carbocycles. The molecule has 0 spiro atoms. The Morgan fingerprint density at radius 3 is 2.71 bits per heavy atom. The third-order valence-corrected chi connectivity index (χ3v) is 3.40. The van der Waals surface area contributed by atoms with Crippen LogP contribution in [-0.2, 0) is 13.1 Å². The summed E-state index contributed by atoms with van der Waals surface area (Å²) in [4.78, 5) is 0. The molecule has 2 aromatic rings. The van der Waals surface area contributed by atoms with Gasteiger partial charge in [0.25, 0.3) is 0 Å². The van der Waals surface area contributed by atoms with E-state index in [1.165, 1.54) is 0 Å². The van der Waals surface area contributed by atoms with Crippen LogP contribution in [0.15, 0.2) is 22.8 Å². The lowest BCUT2D eigenvalue weighted by Crippen LogP contribution is -2.03. The van der Waals surface area contributed by atoms with Gasteiger partial charge < -0.3 is 10.3 Å². The predicted molar refractivity (Wildman–Crippen MR) is 72.3 cm³/mol. The monoisotopic (exact) mass is 298 g/mol. The molecule has 4 heteroatoms. The molecule has 0 saturated carbocycles. The lowest BCUT2D eigenvalue weighted by atomic mass is 10.2. The van der Waals surface area contributed by atoms with Crippen LogP contribution in [0.3, 0.4) is 0 Å². The molecular formula is C13H16BrFN2. The zero-order valence-corrected chi connectivity index (χ0v) is 11.6. The van der Waals surface area contributed by atoms with Crippen LogP contribution >= 0.6 is 15.9 Å². The molecule has 0 amide bonds. The largest absolute Gasteiger partial charge is 0.347 e. The van der Waals surface area contributed by atoms with Gasteiger partial charge in [0.1, 0.15) is 5.82 Å². The van der Waals surface area contributed by atoms with Crippen molar-refractivity contribution in [2.24, 2.45) is 11.7 Å². The Morgan fingerprint density at radius 1 is 1.41 bits per heavy atom. The van der Waals surface area contributed by atoms with Crippen molar-refractivity contribution in [1.29, 1.82) is 0 Å². The minimum absolute atomic E-state index is 0.241. The lowest BCUT2D eigenvalue weighted by molar-refractivity contribution is 0.534. The van der Waals surface area contributed by atoms with Crippen molar-refractivity contribution < 1.29 is 4.39 Å². The van der Waals surface area contributed by atoms with Crippen LogP contribution < -0.4 is 5.73 Å². The fraction of sp³-hybridized carbons (Fsp3) is 0.385. The standard InChI is InChI=1S/C13H16BrFN2/c1-8(2)6-17-7-9(5-16)10-3-12(15)11(14)4-13(10)17/h3-4,7-8H,5-6,16H2,1-2H3. The smallest absolute Gasteiger partial charge is 0.138 e. The van der Waals surface area contributed by atoms with E-state index in [1.54, 1.807) is 6.07 Å². The molecule has 0 fully saturated rings. The van der Waals surface area contributed by atoms with E-state index in [2.05, 4.69) is 34.3 Å². The summed E-state index contributed by atoms with van der Waals surface area (Å²) in [6.07, 6.45) is 2.02. The third kappa shape index (κ3) is 2.38. The van der Waals surface area contributed by atoms with Crippen LogP contribution in [-0.4, -0.2) is 4.57 Å². The van der Waals surface area contributed by atoms with Gasteiger partial charge in [-0.1, -0.05) is 13.8 Å². The van der Waals surface area contributed by atoms with Crippen LogP contribution in [0.25, 0.3) is 10.9 Å².